The number of carbonyl (C=O) groups is 1. The van der Waals surface area contributed by atoms with Crippen molar-refractivity contribution in [2.45, 2.75) is 47.2 Å². The quantitative estimate of drug-likeness (QED) is 0.391. The number of fused-ring (bicyclic) bond motifs is 1. The highest BCUT2D eigenvalue weighted by Crippen LogP contribution is 2.33. The van der Waals surface area contributed by atoms with Crippen LogP contribution < -0.4 is 15.8 Å². The molecule has 1 aliphatic heterocycles. The van der Waals surface area contributed by atoms with Crippen molar-refractivity contribution in [3.8, 4) is 11.1 Å². The van der Waals surface area contributed by atoms with E-state index < -0.39 is 0 Å². The Labute approximate surface area is 222 Å². The Bertz CT molecular complexity index is 1540. The molecule has 0 unspecified atom stereocenters. The second kappa shape index (κ2) is 10.5. The van der Waals surface area contributed by atoms with Crippen LogP contribution in [0.3, 0.4) is 0 Å². The number of aromatic nitrogens is 3. The summed E-state index contributed by atoms with van der Waals surface area (Å²) in [7, 11) is 0. The monoisotopic (exact) mass is 513 g/mol. The number of rotatable bonds is 6. The predicted molar refractivity (Wildman–Crippen MR) is 151 cm³/mol. The molecule has 1 amide bonds. The number of carbonyl (C=O) groups excluding carboxylic acids is 1. The number of ether oxygens (including phenoxy) is 1. The highest BCUT2D eigenvalue weighted by Gasteiger charge is 2.20. The number of anilines is 1. The SMILES string of the molecule is Cc1cc(C)c(CNC(=O)c2cc(-c3ccc(N4CCOCC4)nc3)cc3c2c(C)cn3C(C)C)c(=O)[nH]1. The van der Waals surface area contributed by atoms with Gasteiger partial charge in [-0.1, -0.05) is 0 Å². The first kappa shape index (κ1) is 25.7. The molecule has 0 aliphatic carbocycles. The van der Waals surface area contributed by atoms with Gasteiger partial charge in [-0.2, -0.15) is 0 Å². The van der Waals surface area contributed by atoms with Crippen LogP contribution in [0.1, 0.15) is 52.6 Å². The van der Waals surface area contributed by atoms with E-state index in [0.717, 1.165) is 57.8 Å². The topological polar surface area (TPSA) is 92.2 Å². The van der Waals surface area contributed by atoms with E-state index in [1.54, 1.807) is 0 Å². The lowest BCUT2D eigenvalue weighted by atomic mass is 9.98. The summed E-state index contributed by atoms with van der Waals surface area (Å²) in [6.07, 6.45) is 3.98. The molecule has 0 radical (unpaired) electrons. The number of aromatic amines is 1. The molecule has 1 fully saturated rings. The number of nitrogens with one attached hydrogen (secondary N) is 2. The standard InChI is InChI=1S/C30H35N5O3/c1-18(2)35-17-20(4)28-24(29(36)32-16-25-19(3)12-21(5)33-30(25)37)13-23(14-26(28)35)22-6-7-27(31-15-22)34-8-10-38-11-9-34/h6-7,12-15,17-18H,8-11,16H2,1-5H3,(H,32,36)(H,33,37). The minimum Gasteiger partial charge on any atom is -0.378 e. The Morgan fingerprint density at radius 2 is 1.84 bits per heavy atom. The van der Waals surface area contributed by atoms with Crippen molar-refractivity contribution < 1.29 is 9.53 Å². The molecule has 3 aromatic heterocycles. The van der Waals surface area contributed by atoms with Gasteiger partial charge in [-0.3, -0.25) is 9.59 Å². The van der Waals surface area contributed by atoms with Gasteiger partial charge in [0.15, 0.2) is 0 Å². The van der Waals surface area contributed by atoms with Gasteiger partial charge in [0.05, 0.1) is 13.2 Å². The second-order valence-corrected chi connectivity index (χ2v) is 10.4. The van der Waals surface area contributed by atoms with Crippen LogP contribution in [0.5, 0.6) is 0 Å². The van der Waals surface area contributed by atoms with Crippen LogP contribution in [-0.4, -0.2) is 46.7 Å². The maximum atomic E-state index is 13.6. The molecule has 0 atom stereocenters. The second-order valence-electron chi connectivity index (χ2n) is 10.4. The van der Waals surface area contributed by atoms with Gasteiger partial charge in [0.25, 0.3) is 11.5 Å². The molecule has 0 bridgehead atoms. The van der Waals surface area contributed by atoms with E-state index in [1.807, 2.05) is 45.2 Å². The number of pyridine rings is 2. The molecule has 8 heteroatoms. The Hall–Kier alpha value is -3.91. The van der Waals surface area contributed by atoms with E-state index in [1.165, 1.54) is 0 Å². The molecule has 38 heavy (non-hydrogen) atoms. The zero-order chi connectivity index (χ0) is 27.0. The molecule has 8 nitrogen and oxygen atoms in total. The maximum absolute atomic E-state index is 13.6. The van der Waals surface area contributed by atoms with Crippen LogP contribution in [0.2, 0.25) is 0 Å². The summed E-state index contributed by atoms with van der Waals surface area (Å²) >= 11 is 0. The fourth-order valence-corrected chi connectivity index (χ4v) is 5.26. The average molecular weight is 514 g/mol. The molecule has 4 aromatic rings. The van der Waals surface area contributed by atoms with E-state index in [4.69, 9.17) is 9.72 Å². The number of morpholine rings is 1. The third-order valence-electron chi connectivity index (χ3n) is 7.26. The summed E-state index contributed by atoms with van der Waals surface area (Å²) in [5.74, 6) is 0.718. The third-order valence-corrected chi connectivity index (χ3v) is 7.26. The highest BCUT2D eigenvalue weighted by molar-refractivity contribution is 6.09. The Morgan fingerprint density at radius 3 is 2.50 bits per heavy atom. The van der Waals surface area contributed by atoms with E-state index in [9.17, 15) is 9.59 Å². The average Bonchev–Trinajstić information content (AvgIpc) is 3.24. The van der Waals surface area contributed by atoms with Crippen molar-refractivity contribution in [3.05, 3.63) is 81.0 Å². The molecular formula is C30H35N5O3. The fraction of sp³-hybridized carbons (Fsp3) is 0.367. The molecule has 1 aromatic carbocycles. The normalized spacial score (nSPS) is 13.9. The minimum absolute atomic E-state index is 0.158. The van der Waals surface area contributed by atoms with Gasteiger partial charge >= 0.3 is 0 Å². The molecule has 1 saturated heterocycles. The number of hydrogen-bond acceptors (Lipinski definition) is 5. The lowest BCUT2D eigenvalue weighted by Gasteiger charge is -2.27. The van der Waals surface area contributed by atoms with Crippen molar-refractivity contribution in [1.29, 1.82) is 0 Å². The third kappa shape index (κ3) is 4.96. The number of hydrogen-bond donors (Lipinski definition) is 2. The molecule has 0 spiro atoms. The number of aryl methyl sites for hydroxylation is 3. The predicted octanol–water partition coefficient (Wildman–Crippen LogP) is 4.66. The highest BCUT2D eigenvalue weighted by atomic mass is 16.5. The van der Waals surface area contributed by atoms with Crippen LogP contribution in [0.4, 0.5) is 5.82 Å². The summed E-state index contributed by atoms with van der Waals surface area (Å²) in [5, 5.41) is 3.93. The first-order chi connectivity index (χ1) is 18.2. The Morgan fingerprint density at radius 1 is 1.08 bits per heavy atom. The molecule has 4 heterocycles. The maximum Gasteiger partial charge on any atom is 0.253 e. The molecule has 2 N–H and O–H groups in total. The van der Waals surface area contributed by atoms with Crippen LogP contribution in [0.25, 0.3) is 22.0 Å². The van der Waals surface area contributed by atoms with Crippen LogP contribution in [0, 0.1) is 20.8 Å². The Kier molecular flexibility index (Phi) is 7.08. The smallest absolute Gasteiger partial charge is 0.253 e. The number of benzene rings is 1. The lowest BCUT2D eigenvalue weighted by Crippen LogP contribution is -2.36. The first-order valence-electron chi connectivity index (χ1n) is 13.1. The van der Waals surface area contributed by atoms with Crippen LogP contribution in [0.15, 0.2) is 47.5 Å². The van der Waals surface area contributed by atoms with E-state index in [2.05, 4.69) is 51.9 Å². The first-order valence-corrected chi connectivity index (χ1v) is 13.1. The zero-order valence-electron chi connectivity index (χ0n) is 22.7. The number of amides is 1. The van der Waals surface area contributed by atoms with Crippen molar-refractivity contribution in [2.24, 2.45) is 0 Å². The van der Waals surface area contributed by atoms with Crippen LogP contribution in [-0.2, 0) is 11.3 Å². The number of nitrogens with zero attached hydrogens (tertiary/aromatic N) is 3. The summed E-state index contributed by atoms with van der Waals surface area (Å²) in [6, 6.07) is 10.3. The van der Waals surface area contributed by atoms with Crippen molar-refractivity contribution in [2.75, 3.05) is 31.2 Å². The molecule has 1 aliphatic rings. The van der Waals surface area contributed by atoms with Gasteiger partial charge in [0.1, 0.15) is 5.82 Å². The zero-order valence-corrected chi connectivity index (χ0v) is 22.7. The van der Waals surface area contributed by atoms with E-state index in [0.29, 0.717) is 24.3 Å². The lowest BCUT2D eigenvalue weighted by molar-refractivity contribution is 0.0952. The number of H-pyrrole nitrogens is 1. The van der Waals surface area contributed by atoms with E-state index >= 15 is 0 Å². The largest absolute Gasteiger partial charge is 0.378 e. The minimum atomic E-state index is -0.210. The molecule has 0 saturated carbocycles. The summed E-state index contributed by atoms with van der Waals surface area (Å²) in [6.45, 7) is 13.3. The fourth-order valence-electron chi connectivity index (χ4n) is 5.26. The Balaban J connectivity index is 1.53. The van der Waals surface area contributed by atoms with E-state index in [-0.39, 0.29) is 24.1 Å². The van der Waals surface area contributed by atoms with Crippen molar-refractivity contribution >= 4 is 22.6 Å². The van der Waals surface area contributed by atoms with Crippen LogP contribution >= 0.6 is 0 Å². The van der Waals surface area contributed by atoms with Crippen molar-refractivity contribution in [3.63, 3.8) is 0 Å². The summed E-state index contributed by atoms with van der Waals surface area (Å²) in [4.78, 5) is 35.9. The summed E-state index contributed by atoms with van der Waals surface area (Å²) in [5.41, 5.74) is 6.55. The van der Waals surface area contributed by atoms with Gasteiger partial charge in [0, 0.05) is 71.4 Å². The van der Waals surface area contributed by atoms with Gasteiger partial charge in [-0.25, -0.2) is 4.98 Å². The van der Waals surface area contributed by atoms with Crippen molar-refractivity contribution in [1.82, 2.24) is 19.9 Å². The molecule has 5 rings (SSSR count). The van der Waals surface area contributed by atoms with Gasteiger partial charge < -0.3 is 24.5 Å². The molecule has 198 valence electrons. The van der Waals surface area contributed by atoms with Gasteiger partial charge in [0.2, 0.25) is 0 Å². The molecular weight excluding hydrogens is 478 g/mol. The summed E-state index contributed by atoms with van der Waals surface area (Å²) < 4.78 is 7.66. The van der Waals surface area contributed by atoms with Gasteiger partial charge in [-0.05, 0) is 81.6 Å². The van der Waals surface area contributed by atoms with Gasteiger partial charge in [-0.15, -0.1) is 0 Å².